The molecule has 178 valence electrons. The van der Waals surface area contributed by atoms with Crippen LogP contribution in [-0.2, 0) is 14.4 Å². The summed E-state index contributed by atoms with van der Waals surface area (Å²) in [5.74, 6) is -2.31. The fourth-order valence-electron chi connectivity index (χ4n) is 4.00. The van der Waals surface area contributed by atoms with Gasteiger partial charge in [0.1, 0.15) is 11.5 Å². The lowest BCUT2D eigenvalue weighted by atomic mass is 9.94. The number of anilines is 1. The van der Waals surface area contributed by atoms with Crippen molar-refractivity contribution in [1.82, 2.24) is 0 Å². The molecule has 8 heteroatoms. The quantitative estimate of drug-likeness (QED) is 0.149. The predicted octanol–water partition coefficient (Wildman–Crippen LogP) is 6.16. The van der Waals surface area contributed by atoms with E-state index < -0.39 is 29.5 Å². The smallest absolute Gasteiger partial charge is 0.308 e. The number of esters is 1. The van der Waals surface area contributed by atoms with Gasteiger partial charge in [-0.2, -0.15) is 0 Å². The van der Waals surface area contributed by atoms with Gasteiger partial charge in [-0.25, -0.2) is 0 Å². The van der Waals surface area contributed by atoms with E-state index in [0.29, 0.717) is 11.3 Å². The summed E-state index contributed by atoms with van der Waals surface area (Å²) in [6.45, 7) is 5.12. The third-order valence-corrected chi connectivity index (χ3v) is 6.58. The number of benzene rings is 3. The molecule has 1 aliphatic rings. The molecule has 35 heavy (non-hydrogen) atoms. The molecule has 1 unspecified atom stereocenters. The number of ketones is 1. The van der Waals surface area contributed by atoms with E-state index in [-0.39, 0.29) is 26.9 Å². The third kappa shape index (κ3) is 4.67. The maximum absolute atomic E-state index is 13.3. The van der Waals surface area contributed by atoms with E-state index in [2.05, 4.69) is 0 Å². The molecule has 1 aliphatic heterocycles. The first kappa shape index (κ1) is 24.5. The zero-order chi connectivity index (χ0) is 25.4. The molecule has 0 saturated carbocycles. The van der Waals surface area contributed by atoms with Crippen LogP contribution < -0.4 is 9.64 Å². The van der Waals surface area contributed by atoms with Crippen molar-refractivity contribution in [3.63, 3.8) is 0 Å². The number of rotatable bonds is 4. The molecule has 0 aromatic heterocycles. The minimum Gasteiger partial charge on any atom is -0.507 e. The van der Waals surface area contributed by atoms with E-state index in [1.54, 1.807) is 30.3 Å². The van der Waals surface area contributed by atoms with Gasteiger partial charge in [0.05, 0.1) is 21.7 Å². The lowest BCUT2D eigenvalue weighted by Crippen LogP contribution is -2.29. The van der Waals surface area contributed by atoms with E-state index in [9.17, 15) is 19.5 Å². The molecule has 4 rings (SSSR count). The number of aliphatic hydroxyl groups is 1. The predicted molar refractivity (Wildman–Crippen MR) is 135 cm³/mol. The number of nitrogens with zero attached hydrogens (tertiary/aromatic N) is 1. The van der Waals surface area contributed by atoms with Crippen molar-refractivity contribution in [1.29, 1.82) is 0 Å². The van der Waals surface area contributed by atoms with Crippen LogP contribution in [0.15, 0.2) is 66.2 Å². The van der Waals surface area contributed by atoms with Crippen LogP contribution in [0.4, 0.5) is 5.69 Å². The van der Waals surface area contributed by atoms with Crippen molar-refractivity contribution in [2.45, 2.75) is 26.8 Å². The topological polar surface area (TPSA) is 83.9 Å². The van der Waals surface area contributed by atoms with Crippen LogP contribution in [0.5, 0.6) is 5.75 Å². The Kier molecular flexibility index (Phi) is 6.70. The number of carbonyl (C=O) groups excluding carboxylic acids is 3. The molecule has 1 saturated heterocycles. The second-order valence-corrected chi connectivity index (χ2v) is 9.05. The van der Waals surface area contributed by atoms with Crippen LogP contribution in [-0.4, -0.2) is 22.8 Å². The first-order valence-electron chi connectivity index (χ1n) is 10.7. The Labute approximate surface area is 212 Å². The Morgan fingerprint density at radius 3 is 2.34 bits per heavy atom. The average Bonchev–Trinajstić information content (AvgIpc) is 3.07. The minimum absolute atomic E-state index is 0.119. The summed E-state index contributed by atoms with van der Waals surface area (Å²) in [6.07, 6.45) is 0. The van der Waals surface area contributed by atoms with Gasteiger partial charge in [0.15, 0.2) is 0 Å². The largest absolute Gasteiger partial charge is 0.507 e. The number of carbonyl (C=O) groups is 3. The van der Waals surface area contributed by atoms with Crippen molar-refractivity contribution in [2.24, 2.45) is 0 Å². The molecule has 1 atom stereocenters. The standard InChI is InChI=1S/C27H21Cl2NO5/c1-14-7-9-19(11-15(14)2)30-24(17-5-4-6-20(12-17)35-16(3)31)23(26(33)27(30)34)25(32)18-8-10-21(28)22(29)13-18/h4-13,24,32H,1-3H3/b25-23+. The van der Waals surface area contributed by atoms with Gasteiger partial charge in [-0.1, -0.05) is 41.4 Å². The fourth-order valence-corrected chi connectivity index (χ4v) is 4.30. The summed E-state index contributed by atoms with van der Waals surface area (Å²) in [5, 5.41) is 11.7. The van der Waals surface area contributed by atoms with Gasteiger partial charge >= 0.3 is 5.97 Å². The Morgan fingerprint density at radius 2 is 1.69 bits per heavy atom. The Hall–Kier alpha value is -3.61. The van der Waals surface area contributed by atoms with Gasteiger partial charge in [-0.15, -0.1) is 0 Å². The summed E-state index contributed by atoms with van der Waals surface area (Å²) in [6, 6.07) is 15.4. The molecule has 3 aromatic carbocycles. The van der Waals surface area contributed by atoms with Crippen LogP contribution in [0, 0.1) is 13.8 Å². The highest BCUT2D eigenvalue weighted by Crippen LogP contribution is 2.43. The van der Waals surface area contributed by atoms with Gasteiger partial charge in [-0.3, -0.25) is 19.3 Å². The third-order valence-electron chi connectivity index (χ3n) is 5.84. The average molecular weight is 510 g/mol. The number of aliphatic hydroxyl groups excluding tert-OH is 1. The normalized spacial score (nSPS) is 17.1. The zero-order valence-corrected chi connectivity index (χ0v) is 20.6. The maximum atomic E-state index is 13.3. The van der Waals surface area contributed by atoms with Crippen molar-refractivity contribution in [3.05, 3.63) is 98.5 Å². The Morgan fingerprint density at radius 1 is 0.943 bits per heavy atom. The highest BCUT2D eigenvalue weighted by Gasteiger charge is 2.47. The van der Waals surface area contributed by atoms with Crippen LogP contribution in [0.25, 0.3) is 5.76 Å². The van der Waals surface area contributed by atoms with Crippen LogP contribution in [0.2, 0.25) is 10.0 Å². The lowest BCUT2D eigenvalue weighted by Gasteiger charge is -2.26. The lowest BCUT2D eigenvalue weighted by molar-refractivity contribution is -0.132. The molecule has 0 radical (unpaired) electrons. The highest BCUT2D eigenvalue weighted by molar-refractivity contribution is 6.51. The monoisotopic (exact) mass is 509 g/mol. The number of aryl methyl sites for hydroxylation is 2. The van der Waals surface area contributed by atoms with Gasteiger partial charge in [0.2, 0.25) is 0 Å². The molecule has 1 fully saturated rings. The SMILES string of the molecule is CC(=O)Oc1cccc(C2/C(=C(\O)c3ccc(Cl)c(Cl)c3)C(=O)C(=O)N2c2ccc(C)c(C)c2)c1. The molecule has 3 aromatic rings. The van der Waals surface area contributed by atoms with Crippen molar-refractivity contribution < 1.29 is 24.2 Å². The van der Waals surface area contributed by atoms with Crippen LogP contribution in [0.3, 0.4) is 0 Å². The summed E-state index contributed by atoms with van der Waals surface area (Å²) in [4.78, 5) is 39.5. The Bertz CT molecular complexity index is 1410. The Balaban J connectivity index is 1.96. The van der Waals surface area contributed by atoms with Gasteiger partial charge in [0, 0.05) is 18.2 Å². The van der Waals surface area contributed by atoms with Crippen LogP contribution in [0.1, 0.15) is 35.2 Å². The van der Waals surface area contributed by atoms with Crippen molar-refractivity contribution >= 4 is 52.3 Å². The molecule has 1 N–H and O–H groups in total. The number of amides is 1. The molecule has 0 bridgehead atoms. The first-order valence-corrected chi connectivity index (χ1v) is 11.5. The van der Waals surface area contributed by atoms with E-state index in [1.165, 1.54) is 30.0 Å². The molecular formula is C27H21Cl2NO5. The minimum atomic E-state index is -0.984. The van der Waals surface area contributed by atoms with Crippen LogP contribution >= 0.6 is 23.2 Å². The number of ether oxygens (including phenoxy) is 1. The van der Waals surface area contributed by atoms with E-state index in [0.717, 1.165) is 11.1 Å². The number of Topliss-reactive ketones (excluding diaryl/α,β-unsaturated/α-hetero) is 1. The number of hydrogen-bond acceptors (Lipinski definition) is 5. The zero-order valence-electron chi connectivity index (χ0n) is 19.1. The fraction of sp³-hybridized carbons (Fsp3) is 0.148. The molecule has 0 spiro atoms. The highest BCUT2D eigenvalue weighted by atomic mass is 35.5. The van der Waals surface area contributed by atoms with Gasteiger partial charge < -0.3 is 9.84 Å². The second-order valence-electron chi connectivity index (χ2n) is 8.23. The van der Waals surface area contributed by atoms with E-state index in [4.69, 9.17) is 27.9 Å². The molecule has 0 aliphatic carbocycles. The number of halogens is 2. The molecule has 6 nitrogen and oxygen atoms in total. The van der Waals surface area contributed by atoms with Crippen molar-refractivity contribution in [3.8, 4) is 5.75 Å². The summed E-state index contributed by atoms with van der Waals surface area (Å²) >= 11 is 12.1. The second kappa shape index (κ2) is 9.56. The van der Waals surface area contributed by atoms with Crippen molar-refractivity contribution in [2.75, 3.05) is 4.90 Å². The molecule has 1 heterocycles. The molecule has 1 amide bonds. The maximum Gasteiger partial charge on any atom is 0.308 e. The van der Waals surface area contributed by atoms with Gasteiger partial charge in [-0.05, 0) is 73.0 Å². The summed E-state index contributed by atoms with van der Waals surface area (Å²) < 4.78 is 5.22. The van der Waals surface area contributed by atoms with Gasteiger partial charge in [0.25, 0.3) is 11.7 Å². The number of hydrogen-bond donors (Lipinski definition) is 1. The van der Waals surface area contributed by atoms with E-state index >= 15 is 0 Å². The molecular weight excluding hydrogens is 489 g/mol. The van der Waals surface area contributed by atoms with E-state index in [1.807, 2.05) is 26.0 Å². The summed E-state index contributed by atoms with van der Waals surface area (Å²) in [7, 11) is 0. The first-order chi connectivity index (χ1) is 16.6. The summed E-state index contributed by atoms with van der Waals surface area (Å²) in [5.41, 5.74) is 3.04.